The van der Waals surface area contributed by atoms with Gasteiger partial charge in [0, 0.05) is 35.0 Å². The van der Waals surface area contributed by atoms with Crippen LogP contribution in [-0.2, 0) is 5.79 Å². The predicted octanol–water partition coefficient (Wildman–Crippen LogP) is 3.93. The molecule has 2 atom stereocenters. The van der Waals surface area contributed by atoms with Crippen LogP contribution in [-0.4, -0.2) is 29.5 Å². The van der Waals surface area contributed by atoms with Gasteiger partial charge in [-0.2, -0.15) is 0 Å². The van der Waals surface area contributed by atoms with E-state index in [-0.39, 0.29) is 5.92 Å². The third-order valence-electron chi connectivity index (χ3n) is 6.40. The lowest BCUT2D eigenvalue weighted by Crippen LogP contribution is -2.54. The fourth-order valence-corrected chi connectivity index (χ4v) is 4.87. The molecule has 0 saturated carbocycles. The number of imidazole rings is 1. The average Bonchev–Trinajstić information content (AvgIpc) is 3.45. The van der Waals surface area contributed by atoms with Crippen LogP contribution in [0.4, 0.5) is 8.78 Å². The molecule has 0 radical (unpaired) electrons. The number of nitrogens with one attached hydrogen (secondary N) is 2. The lowest BCUT2D eigenvalue weighted by atomic mass is 9.93. The van der Waals surface area contributed by atoms with Crippen LogP contribution in [0.25, 0.3) is 5.69 Å². The van der Waals surface area contributed by atoms with Gasteiger partial charge in [0.05, 0.1) is 12.8 Å². The number of hydrogen-bond donors (Lipinski definition) is 3. The number of hydrogen-bond acceptors (Lipinski definition) is 6. The van der Waals surface area contributed by atoms with Crippen LogP contribution in [0.15, 0.2) is 65.2 Å². The van der Waals surface area contributed by atoms with Gasteiger partial charge in [-0.1, -0.05) is 23.7 Å². The van der Waals surface area contributed by atoms with E-state index in [1.165, 1.54) is 12.1 Å². The Hall–Kier alpha value is -3.43. The van der Waals surface area contributed by atoms with E-state index in [1.54, 1.807) is 31.2 Å². The van der Waals surface area contributed by atoms with Crippen LogP contribution in [0.2, 0.25) is 5.15 Å². The number of nitrogens with two attached hydrogens (primary N) is 1. The first kappa shape index (κ1) is 22.4. The molecule has 4 N–H and O–H groups in total. The fraction of sp³-hybridized carbons (Fsp3) is 0.250. The molecule has 0 amide bonds. The highest BCUT2D eigenvalue weighted by molar-refractivity contribution is 6.29. The summed E-state index contributed by atoms with van der Waals surface area (Å²) in [7, 11) is 3.33. The van der Waals surface area contributed by atoms with E-state index in [4.69, 9.17) is 27.1 Å². The maximum Gasteiger partial charge on any atom is 0.213 e. The van der Waals surface area contributed by atoms with Crippen molar-refractivity contribution in [3.05, 3.63) is 88.1 Å². The van der Waals surface area contributed by atoms with Crippen molar-refractivity contribution in [1.29, 1.82) is 0 Å². The highest BCUT2D eigenvalue weighted by Crippen LogP contribution is 2.44. The van der Waals surface area contributed by atoms with E-state index in [9.17, 15) is 8.78 Å². The molecule has 34 heavy (non-hydrogen) atoms. The van der Waals surface area contributed by atoms with Gasteiger partial charge in [-0.25, -0.2) is 18.8 Å². The molecule has 0 saturated heterocycles. The van der Waals surface area contributed by atoms with E-state index in [0.717, 1.165) is 28.6 Å². The number of nitrogens with zero attached hydrogens (tertiary/aromatic N) is 3. The van der Waals surface area contributed by atoms with Crippen molar-refractivity contribution in [3.8, 4) is 11.4 Å². The van der Waals surface area contributed by atoms with Gasteiger partial charge >= 0.3 is 0 Å². The molecule has 2 aliphatic rings. The minimum Gasteiger partial charge on any atom is -0.495 e. The van der Waals surface area contributed by atoms with Crippen molar-refractivity contribution in [3.63, 3.8) is 0 Å². The number of amidine groups is 1. The molecule has 0 fully saturated rings. The zero-order valence-electron chi connectivity index (χ0n) is 18.6. The minimum atomic E-state index is -1.11. The maximum atomic E-state index is 14.7. The number of methoxy groups -OCH3 is 1. The van der Waals surface area contributed by atoms with Crippen LogP contribution in [0.1, 0.15) is 29.9 Å². The summed E-state index contributed by atoms with van der Waals surface area (Å²) in [6.07, 6.45) is 4.56. The third kappa shape index (κ3) is 3.61. The summed E-state index contributed by atoms with van der Waals surface area (Å²) >= 11 is 5.98. The van der Waals surface area contributed by atoms with E-state index in [1.807, 2.05) is 18.2 Å². The van der Waals surface area contributed by atoms with Gasteiger partial charge in [0.2, 0.25) is 5.79 Å². The molecule has 2 aromatic carbocycles. The van der Waals surface area contributed by atoms with Gasteiger partial charge < -0.3 is 20.4 Å². The normalized spacial score (nSPS) is 21.8. The molecular formula is C24H23ClF2N6O. The molecule has 3 aromatic rings. The molecule has 7 nitrogen and oxygen atoms in total. The molecule has 1 aliphatic heterocycles. The molecule has 176 valence electrons. The van der Waals surface area contributed by atoms with Gasteiger partial charge in [0.15, 0.2) is 0 Å². The molecule has 2 heterocycles. The Balaban J connectivity index is 1.56. The van der Waals surface area contributed by atoms with E-state index in [0.29, 0.717) is 35.1 Å². The summed E-state index contributed by atoms with van der Waals surface area (Å²) < 4.78 is 35.6. The van der Waals surface area contributed by atoms with Gasteiger partial charge in [-0.3, -0.25) is 5.32 Å². The summed E-state index contributed by atoms with van der Waals surface area (Å²) in [6, 6.07) is 9.27. The van der Waals surface area contributed by atoms with Crippen LogP contribution in [0, 0.1) is 11.6 Å². The molecular weight excluding hydrogens is 462 g/mol. The van der Waals surface area contributed by atoms with Crippen molar-refractivity contribution in [2.45, 2.75) is 24.5 Å². The molecule has 5 rings (SSSR count). The smallest absolute Gasteiger partial charge is 0.213 e. The first-order valence-corrected chi connectivity index (χ1v) is 11.1. The van der Waals surface area contributed by atoms with Crippen molar-refractivity contribution < 1.29 is 13.5 Å². The topological polar surface area (TPSA) is 89.5 Å². The Bertz CT molecular complexity index is 1340. The molecule has 1 aromatic heterocycles. The van der Waals surface area contributed by atoms with Crippen LogP contribution < -0.4 is 21.1 Å². The number of halogens is 3. The van der Waals surface area contributed by atoms with Crippen LogP contribution in [0.5, 0.6) is 5.75 Å². The number of aromatic nitrogens is 2. The molecule has 0 bridgehead atoms. The van der Waals surface area contributed by atoms with E-state index in [2.05, 4.69) is 15.6 Å². The summed E-state index contributed by atoms with van der Waals surface area (Å²) in [5, 5.41) is 7.06. The van der Waals surface area contributed by atoms with Crippen molar-refractivity contribution >= 4 is 17.4 Å². The zero-order valence-corrected chi connectivity index (χ0v) is 19.3. The van der Waals surface area contributed by atoms with Crippen molar-refractivity contribution in [2.24, 2.45) is 10.7 Å². The maximum absolute atomic E-state index is 14.7. The lowest BCUT2D eigenvalue weighted by molar-refractivity contribution is 0.308. The average molecular weight is 485 g/mol. The number of allylic oxidation sites excluding steroid dienone is 1. The van der Waals surface area contributed by atoms with Gasteiger partial charge in [-0.05, 0) is 43.7 Å². The SMILES string of the molecule is CNC1(c2ccc(-n3cnc(Cl)c3)c(OC)c2)N=C(N)C2=C(N1)C(c1ccc(F)cc1F)CC2. The van der Waals surface area contributed by atoms with Crippen molar-refractivity contribution in [2.75, 3.05) is 14.2 Å². The summed E-state index contributed by atoms with van der Waals surface area (Å²) in [4.78, 5) is 8.81. The van der Waals surface area contributed by atoms with Crippen molar-refractivity contribution in [1.82, 2.24) is 20.2 Å². The summed E-state index contributed by atoms with van der Waals surface area (Å²) in [6.45, 7) is 0. The van der Waals surface area contributed by atoms with Crippen LogP contribution >= 0.6 is 11.6 Å². The van der Waals surface area contributed by atoms with Gasteiger partial charge in [0.1, 0.15) is 34.7 Å². The Labute approximate surface area is 200 Å². The third-order valence-corrected chi connectivity index (χ3v) is 6.59. The summed E-state index contributed by atoms with van der Waals surface area (Å²) in [5.41, 5.74) is 9.93. The van der Waals surface area contributed by atoms with Gasteiger partial charge in [-0.15, -0.1) is 0 Å². The number of rotatable bonds is 5. The fourth-order valence-electron chi connectivity index (χ4n) is 4.72. The molecule has 10 heteroatoms. The van der Waals surface area contributed by atoms with E-state index < -0.39 is 17.4 Å². The predicted molar refractivity (Wildman–Crippen MR) is 126 cm³/mol. The Kier molecular flexibility index (Phi) is 5.53. The number of ether oxygens (including phenoxy) is 1. The second kappa shape index (κ2) is 8.41. The Morgan fingerprint density at radius 2 is 2.09 bits per heavy atom. The number of aliphatic imine (C=N–C) groups is 1. The Morgan fingerprint density at radius 1 is 1.26 bits per heavy atom. The number of benzene rings is 2. The minimum absolute atomic E-state index is 0.299. The van der Waals surface area contributed by atoms with E-state index >= 15 is 0 Å². The van der Waals surface area contributed by atoms with Gasteiger partial charge in [0.25, 0.3) is 0 Å². The lowest BCUT2D eigenvalue weighted by Gasteiger charge is -2.38. The molecule has 0 spiro atoms. The monoisotopic (exact) mass is 484 g/mol. The summed E-state index contributed by atoms with van der Waals surface area (Å²) in [5.74, 6) is -1.66. The first-order chi connectivity index (χ1) is 16.3. The Morgan fingerprint density at radius 3 is 2.76 bits per heavy atom. The largest absolute Gasteiger partial charge is 0.495 e. The molecule has 1 aliphatic carbocycles. The second-order valence-corrected chi connectivity index (χ2v) is 8.61. The quantitative estimate of drug-likeness (QED) is 0.510. The highest BCUT2D eigenvalue weighted by atomic mass is 35.5. The first-order valence-electron chi connectivity index (χ1n) is 10.7. The highest BCUT2D eigenvalue weighted by Gasteiger charge is 2.42. The zero-order chi connectivity index (χ0) is 24.0. The second-order valence-electron chi connectivity index (χ2n) is 8.22. The van der Waals surface area contributed by atoms with Crippen LogP contribution in [0.3, 0.4) is 0 Å². The standard InChI is InChI=1S/C24H23ClF2N6O/c1-29-24(13-3-8-19(20(9-13)34-2)33-11-21(25)30-12-33)31-22-16(6-7-17(22)23(28)32-24)15-5-4-14(26)10-18(15)27/h3-5,8-12,16,29,31H,6-7H2,1-2H3,(H2,28,32). The molecule has 2 unspecified atom stereocenters.